The van der Waals surface area contributed by atoms with Gasteiger partial charge in [0.1, 0.15) is 38.1 Å². The van der Waals surface area contributed by atoms with Gasteiger partial charge in [-0.1, -0.05) is 102 Å². The largest absolute Gasteiger partial charge is 0.447 e. The summed E-state index contributed by atoms with van der Waals surface area (Å²) in [7, 11) is 2.24. The molecule has 6 rings (SSSR count). The Morgan fingerprint density at radius 3 is 2.44 bits per heavy atom. The van der Waals surface area contributed by atoms with Crippen LogP contribution in [-0.2, 0) is 30.3 Å². The van der Waals surface area contributed by atoms with E-state index in [1.165, 1.54) is 49.8 Å². The third kappa shape index (κ3) is 17.5. The van der Waals surface area contributed by atoms with Crippen molar-refractivity contribution in [2.75, 3.05) is 65.8 Å². The van der Waals surface area contributed by atoms with Crippen LogP contribution in [0.5, 0.6) is 0 Å². The Kier molecular flexibility index (Phi) is 23.3. The number of likely N-dealkylation sites (tertiary alicyclic amines) is 1. The number of alkyl carbamates (subject to hydrolysis) is 1. The Balaban J connectivity index is 1.02. The van der Waals surface area contributed by atoms with E-state index in [0.29, 0.717) is 45.0 Å². The third-order valence-corrected chi connectivity index (χ3v) is 15.9. The number of rotatable bonds is 30. The number of hydrogen-bond donors (Lipinski definition) is 3. The molecule has 2 unspecified atom stereocenters. The van der Waals surface area contributed by atoms with Gasteiger partial charge < -0.3 is 39.6 Å². The molecule has 2 aromatic carbocycles. The maximum Gasteiger partial charge on any atom is 0.407 e. The fraction of sp³-hybridized carbons (Fsp3) is 0.648. The van der Waals surface area contributed by atoms with Crippen molar-refractivity contribution in [3.8, 4) is 11.3 Å². The average Bonchev–Trinajstić information content (AvgIpc) is 4.06. The molecular formula is C54H79BF3N7O7S. The lowest BCUT2D eigenvalue weighted by Crippen LogP contribution is -2.52. The molecule has 19 heteroatoms. The number of hydrogen-bond acceptors (Lipinski definition) is 10. The van der Waals surface area contributed by atoms with Crippen LogP contribution in [0.15, 0.2) is 54.7 Å². The predicted octanol–water partition coefficient (Wildman–Crippen LogP) is 8.57. The lowest BCUT2D eigenvalue weighted by molar-refractivity contribution is -0.139. The fourth-order valence-corrected chi connectivity index (χ4v) is 12.0. The Labute approximate surface area is 435 Å². The molecule has 14 nitrogen and oxygen atoms in total. The first-order valence-electron chi connectivity index (χ1n) is 26.9. The predicted molar refractivity (Wildman–Crippen MR) is 282 cm³/mol. The first kappa shape index (κ1) is 57.7. The number of imidazole rings is 1. The molecule has 6 atom stereocenters. The molecule has 3 N–H and O–H groups in total. The zero-order chi connectivity index (χ0) is 52.2. The van der Waals surface area contributed by atoms with Crippen molar-refractivity contribution in [3.05, 3.63) is 77.8 Å². The van der Waals surface area contributed by atoms with E-state index >= 15 is 8.78 Å². The number of carbonyl (C=O) groups is 4. The number of alkyl halides is 1. The highest BCUT2D eigenvalue weighted by Crippen LogP contribution is 2.41. The number of ether oxygens (including phenoxy) is 3. The summed E-state index contributed by atoms with van der Waals surface area (Å²) in [6, 6.07) is 10.9. The molecule has 3 saturated heterocycles. The average molecular weight is 1040 g/mol. The van der Waals surface area contributed by atoms with Crippen LogP contribution in [0.3, 0.4) is 0 Å². The van der Waals surface area contributed by atoms with Gasteiger partial charge in [0.2, 0.25) is 11.8 Å². The van der Waals surface area contributed by atoms with Crippen LogP contribution in [-0.4, -0.2) is 139 Å². The molecule has 3 aromatic rings. The maximum atomic E-state index is 15.5. The lowest BCUT2D eigenvalue weighted by Gasteiger charge is -2.40. The Bertz CT molecular complexity index is 2210. The van der Waals surface area contributed by atoms with E-state index in [1.807, 2.05) is 34.9 Å². The molecule has 0 bridgehead atoms. The number of urea groups is 1. The Morgan fingerprint density at radius 2 is 1.73 bits per heavy atom. The number of nitrogens with zero attached hydrogens (tertiary/aromatic N) is 4. The monoisotopic (exact) mass is 1040 g/mol. The van der Waals surface area contributed by atoms with E-state index in [4.69, 9.17) is 19.2 Å². The number of aromatic nitrogens is 2. The zero-order valence-corrected chi connectivity index (χ0v) is 44.3. The van der Waals surface area contributed by atoms with Crippen molar-refractivity contribution >= 4 is 43.5 Å². The lowest BCUT2D eigenvalue weighted by atomic mass is 9.78. The molecule has 402 valence electrons. The molecule has 5 amide bonds. The molecule has 4 heterocycles. The summed E-state index contributed by atoms with van der Waals surface area (Å²) in [5, 5.41) is 8.31. The summed E-state index contributed by atoms with van der Waals surface area (Å²) in [5.74, 6) is -1.92. The first-order chi connectivity index (χ1) is 35.3. The van der Waals surface area contributed by atoms with Crippen molar-refractivity contribution in [2.45, 2.75) is 145 Å². The molecule has 0 spiro atoms. The minimum Gasteiger partial charge on any atom is -0.447 e. The topological polar surface area (TPSA) is 156 Å². The van der Waals surface area contributed by atoms with Gasteiger partial charge >= 0.3 is 12.1 Å². The number of halogens is 3. The standard InChI is InChI=1S/C54H79BF3N7O7S/c1-4-6-7-8-9-10-11-15-23-54(55,22-5-2)73-47-31-48(66)64(51(47)67)25-29-71-28-24-60-53(69)72-37-38(3)61-52(68)65(35-41-32-59-33-45(41)58)49(40-20-26-70-27-21-40)50-62-46(43-30-42(56)18-19-44(43)57)36-63(50)34-39-16-13-12-14-17-39/h12-14,16-19,30,36,38,40-41,45,47,49,59H,4-11,15,20-29,31-35,37,55H2,1-3H3,(H,60,69)(H,61,68)/t38-,41-,45-,47?,49+,54?/m0/s1. The zero-order valence-electron chi connectivity index (χ0n) is 43.5. The summed E-state index contributed by atoms with van der Waals surface area (Å²) < 4.78 is 64.1. The van der Waals surface area contributed by atoms with Gasteiger partial charge in [-0.05, 0) is 66.9 Å². The molecule has 3 aliphatic heterocycles. The maximum absolute atomic E-state index is 15.5. The van der Waals surface area contributed by atoms with Crippen molar-refractivity contribution in [1.82, 2.24) is 35.3 Å². The molecule has 3 aliphatic rings. The van der Waals surface area contributed by atoms with Crippen LogP contribution in [0.25, 0.3) is 11.3 Å². The van der Waals surface area contributed by atoms with E-state index in [-0.39, 0.29) is 86.1 Å². The van der Waals surface area contributed by atoms with Crippen LogP contribution >= 0.6 is 11.8 Å². The molecular weight excluding hydrogens is 959 g/mol. The first-order valence-corrected chi connectivity index (χ1v) is 27.7. The van der Waals surface area contributed by atoms with Crippen molar-refractivity contribution < 1.29 is 46.6 Å². The minimum atomic E-state index is -1.22. The second kappa shape index (κ2) is 29.5. The van der Waals surface area contributed by atoms with Crippen molar-refractivity contribution in [3.63, 3.8) is 0 Å². The Hall–Kier alpha value is -4.59. The van der Waals surface area contributed by atoms with Crippen LogP contribution < -0.4 is 16.0 Å². The van der Waals surface area contributed by atoms with Crippen LogP contribution in [0, 0.1) is 23.5 Å². The number of nitrogens with one attached hydrogen (secondary N) is 3. The number of benzene rings is 2. The molecule has 73 heavy (non-hydrogen) atoms. The van der Waals surface area contributed by atoms with Gasteiger partial charge in [0.15, 0.2) is 0 Å². The minimum absolute atomic E-state index is 0.0232. The Morgan fingerprint density at radius 1 is 0.986 bits per heavy atom. The fourth-order valence-electron chi connectivity index (χ4n) is 10.3. The van der Waals surface area contributed by atoms with Gasteiger partial charge in [-0.2, -0.15) is 11.8 Å². The highest BCUT2D eigenvalue weighted by molar-refractivity contribution is 8.03. The van der Waals surface area contributed by atoms with Crippen molar-refractivity contribution in [2.24, 2.45) is 11.8 Å². The number of carbonyl (C=O) groups excluding carboxylic acids is 4. The summed E-state index contributed by atoms with van der Waals surface area (Å²) in [6.07, 6.45) is 14.1. The molecule has 0 radical (unpaired) electrons. The normalized spacial score (nSPS) is 20.0. The molecule has 1 aromatic heterocycles. The van der Waals surface area contributed by atoms with Crippen LogP contribution in [0.1, 0.15) is 128 Å². The smallest absolute Gasteiger partial charge is 0.407 e. The van der Waals surface area contributed by atoms with E-state index in [2.05, 4.69) is 37.6 Å². The van der Waals surface area contributed by atoms with E-state index in [0.717, 1.165) is 49.4 Å². The highest BCUT2D eigenvalue weighted by atomic mass is 32.2. The molecule has 0 saturated carbocycles. The van der Waals surface area contributed by atoms with Crippen molar-refractivity contribution in [1.29, 1.82) is 0 Å². The number of imide groups is 1. The number of thioether (sulfide) groups is 1. The van der Waals surface area contributed by atoms with E-state index in [1.54, 1.807) is 29.8 Å². The summed E-state index contributed by atoms with van der Waals surface area (Å²) >= 11 is 1.66. The van der Waals surface area contributed by atoms with Crippen LogP contribution in [0.2, 0.25) is 0 Å². The van der Waals surface area contributed by atoms with Gasteiger partial charge in [-0.3, -0.25) is 14.5 Å². The van der Waals surface area contributed by atoms with E-state index < -0.39 is 53.2 Å². The summed E-state index contributed by atoms with van der Waals surface area (Å²) in [6.45, 7) is 8.06. The van der Waals surface area contributed by atoms with Crippen LogP contribution in [0.4, 0.5) is 22.8 Å². The number of amides is 5. The quantitative estimate of drug-likeness (QED) is 0.0336. The van der Waals surface area contributed by atoms with Gasteiger partial charge in [0.05, 0.1) is 42.8 Å². The SMILES string of the molecule is BC(CCC)(CCCCCCCCCC)SC1CC(=O)N(CCOCCNC(=O)OC[C@H](C)NC(=O)N(C[C@@H]2CNC[C@@H]2F)[C@@H](c2nc(-c3cc(F)ccc3F)cn2Cc2ccccc2)C2CCOCC2)C1=O. The van der Waals surface area contributed by atoms with E-state index in [9.17, 15) is 23.6 Å². The van der Waals surface area contributed by atoms with Gasteiger partial charge in [0, 0.05) is 70.0 Å². The second-order valence-electron chi connectivity index (χ2n) is 20.3. The summed E-state index contributed by atoms with van der Waals surface area (Å²) in [4.78, 5) is 61.8. The van der Waals surface area contributed by atoms with Gasteiger partial charge in [-0.15, -0.1) is 0 Å². The van der Waals surface area contributed by atoms with Gasteiger partial charge in [-0.25, -0.2) is 27.7 Å². The molecule has 0 aliphatic carbocycles. The second-order valence-corrected chi connectivity index (χ2v) is 22.1. The number of unbranched alkanes of at least 4 members (excludes halogenated alkanes) is 7. The highest BCUT2D eigenvalue weighted by Gasteiger charge is 2.43. The molecule has 3 fully saturated rings. The third-order valence-electron chi connectivity index (χ3n) is 14.2. The van der Waals surface area contributed by atoms with Gasteiger partial charge in [0.25, 0.3) is 0 Å². The summed E-state index contributed by atoms with van der Waals surface area (Å²) in [5.41, 5.74) is 1.08.